The minimum Gasteiger partial charge on any atom is -0.493 e. The molecule has 0 aliphatic rings. The minimum atomic E-state index is -3.95. The molecule has 1 N–H and O–H groups in total. The molecule has 1 aromatic heterocycles. The number of rotatable bonds is 8. The number of hydrogen-bond donors (Lipinski definition) is 1. The molecule has 0 saturated carbocycles. The van der Waals surface area contributed by atoms with Gasteiger partial charge in [0.2, 0.25) is 5.75 Å². The highest BCUT2D eigenvalue weighted by molar-refractivity contribution is 7.93. The molecule has 0 fully saturated rings. The van der Waals surface area contributed by atoms with Crippen LogP contribution in [0.1, 0.15) is 15.2 Å². The van der Waals surface area contributed by atoms with E-state index in [4.69, 9.17) is 14.2 Å². The second kappa shape index (κ2) is 9.49. The second-order valence-electron chi connectivity index (χ2n) is 6.79. The fourth-order valence-corrected chi connectivity index (χ4v) is 5.54. The quantitative estimate of drug-likeness (QED) is 0.525. The van der Waals surface area contributed by atoms with Gasteiger partial charge in [0.15, 0.2) is 11.5 Å². The zero-order valence-electron chi connectivity index (χ0n) is 18.3. The number of sulfonamides is 1. The number of aryl methyl sites for hydroxylation is 1. The van der Waals surface area contributed by atoms with Crippen molar-refractivity contribution in [1.29, 1.82) is 0 Å². The van der Waals surface area contributed by atoms with Crippen molar-refractivity contribution in [2.45, 2.75) is 11.8 Å². The smallest absolute Gasteiger partial charge is 0.267 e. The highest BCUT2D eigenvalue weighted by atomic mass is 32.2. The number of methoxy groups -OCH3 is 3. The number of carbonyl (C=O) groups is 1. The molecule has 3 rings (SSSR count). The number of nitrogens with one attached hydrogen (secondary N) is 1. The lowest BCUT2D eigenvalue weighted by Crippen LogP contribution is -2.28. The third-order valence-corrected chi connectivity index (χ3v) is 7.66. The maximum Gasteiger partial charge on any atom is 0.267 e. The van der Waals surface area contributed by atoms with Gasteiger partial charge in [0, 0.05) is 24.9 Å². The fraction of sp³-hybridized carbons (Fsp3) is 0.227. The van der Waals surface area contributed by atoms with Crippen LogP contribution in [0.4, 0.5) is 11.4 Å². The third kappa shape index (κ3) is 4.51. The highest BCUT2D eigenvalue weighted by Gasteiger charge is 2.28. The molecule has 0 aliphatic heterocycles. The first-order chi connectivity index (χ1) is 15.2. The average molecular weight is 477 g/mol. The van der Waals surface area contributed by atoms with Crippen LogP contribution in [0, 0.1) is 6.92 Å². The summed E-state index contributed by atoms with van der Waals surface area (Å²) in [5.74, 6) is 0.540. The number of ether oxygens (including phenoxy) is 3. The first kappa shape index (κ1) is 23.4. The monoisotopic (exact) mass is 476 g/mol. The van der Waals surface area contributed by atoms with Crippen molar-refractivity contribution in [3.63, 3.8) is 0 Å². The summed E-state index contributed by atoms with van der Waals surface area (Å²) in [5, 5.41) is 4.29. The van der Waals surface area contributed by atoms with E-state index in [-0.39, 0.29) is 9.77 Å². The number of anilines is 2. The van der Waals surface area contributed by atoms with Crippen LogP contribution in [0.25, 0.3) is 0 Å². The zero-order chi connectivity index (χ0) is 23.5. The summed E-state index contributed by atoms with van der Waals surface area (Å²) in [4.78, 5) is 13.0. The molecule has 0 radical (unpaired) electrons. The first-order valence-electron chi connectivity index (χ1n) is 9.47. The lowest BCUT2D eigenvalue weighted by atomic mass is 10.2. The number of amides is 1. The van der Waals surface area contributed by atoms with Gasteiger partial charge >= 0.3 is 0 Å². The highest BCUT2D eigenvalue weighted by Crippen LogP contribution is 2.40. The molecular weight excluding hydrogens is 452 g/mol. The molecule has 2 aromatic carbocycles. The van der Waals surface area contributed by atoms with Crippen LogP contribution in [0.5, 0.6) is 17.2 Å². The standard InChI is InChI=1S/C22H24N2O6S2/c1-14-6-8-16(9-7-14)24(2)32(26,27)19-10-11-31-21(19)22(25)23-15-12-17(28-3)20(30-5)18(13-15)29-4/h6-13H,1-5H3,(H,23,25). The third-order valence-electron chi connectivity index (χ3n) is 4.79. The van der Waals surface area contributed by atoms with Crippen LogP contribution >= 0.6 is 11.3 Å². The van der Waals surface area contributed by atoms with E-state index in [9.17, 15) is 13.2 Å². The maximum atomic E-state index is 13.2. The van der Waals surface area contributed by atoms with E-state index < -0.39 is 15.9 Å². The normalized spacial score (nSPS) is 11.0. The van der Waals surface area contributed by atoms with Crippen LogP contribution in [-0.4, -0.2) is 42.7 Å². The summed E-state index contributed by atoms with van der Waals surface area (Å²) in [6, 6.07) is 11.7. The number of benzene rings is 2. The molecule has 170 valence electrons. The summed E-state index contributed by atoms with van der Waals surface area (Å²) in [6.45, 7) is 1.92. The van der Waals surface area contributed by atoms with E-state index in [1.807, 2.05) is 19.1 Å². The predicted molar refractivity (Wildman–Crippen MR) is 125 cm³/mol. The van der Waals surface area contributed by atoms with Crippen LogP contribution in [-0.2, 0) is 10.0 Å². The fourth-order valence-electron chi connectivity index (χ4n) is 3.05. The summed E-state index contributed by atoms with van der Waals surface area (Å²) in [6.07, 6.45) is 0. The number of thiophene rings is 1. The molecule has 0 aliphatic carbocycles. The van der Waals surface area contributed by atoms with Gasteiger partial charge in [-0.05, 0) is 30.5 Å². The number of hydrogen-bond acceptors (Lipinski definition) is 7. The van der Waals surface area contributed by atoms with Gasteiger partial charge in [-0.1, -0.05) is 17.7 Å². The Hall–Kier alpha value is -3.24. The van der Waals surface area contributed by atoms with Crippen molar-refractivity contribution in [3.8, 4) is 17.2 Å². The van der Waals surface area contributed by atoms with Crippen LogP contribution in [0.3, 0.4) is 0 Å². The van der Waals surface area contributed by atoms with Crippen molar-refractivity contribution >= 4 is 38.6 Å². The molecule has 3 aromatic rings. The zero-order valence-corrected chi connectivity index (χ0v) is 20.0. The van der Waals surface area contributed by atoms with Gasteiger partial charge in [-0.25, -0.2) is 8.42 Å². The summed E-state index contributed by atoms with van der Waals surface area (Å²) in [5.41, 5.74) is 1.88. The lowest BCUT2D eigenvalue weighted by molar-refractivity contribution is 0.102. The van der Waals surface area contributed by atoms with Crippen molar-refractivity contribution in [2.24, 2.45) is 0 Å². The Balaban J connectivity index is 1.92. The Morgan fingerprint density at radius 1 is 0.969 bits per heavy atom. The molecule has 10 heteroatoms. The molecule has 0 spiro atoms. The summed E-state index contributed by atoms with van der Waals surface area (Å²) in [7, 11) is 1.91. The van der Waals surface area contributed by atoms with E-state index in [1.54, 1.807) is 29.6 Å². The molecule has 1 heterocycles. The Bertz CT molecular complexity index is 1190. The average Bonchev–Trinajstić information content (AvgIpc) is 3.29. The SMILES string of the molecule is COc1cc(NC(=O)c2sccc2S(=O)(=O)N(C)c2ccc(C)cc2)cc(OC)c1OC. The predicted octanol–water partition coefficient (Wildman–Crippen LogP) is 4.16. The maximum absolute atomic E-state index is 13.2. The van der Waals surface area contributed by atoms with Crippen LogP contribution < -0.4 is 23.8 Å². The van der Waals surface area contributed by atoms with Crippen LogP contribution in [0.15, 0.2) is 52.7 Å². The molecule has 8 nitrogen and oxygen atoms in total. The minimum absolute atomic E-state index is 0.0673. The van der Waals surface area contributed by atoms with E-state index in [2.05, 4.69) is 5.32 Å². The molecule has 0 saturated heterocycles. The van der Waals surface area contributed by atoms with Gasteiger partial charge in [0.25, 0.3) is 15.9 Å². The van der Waals surface area contributed by atoms with Gasteiger partial charge in [0.05, 0.1) is 27.0 Å². The lowest BCUT2D eigenvalue weighted by Gasteiger charge is -2.20. The number of nitrogens with zero attached hydrogens (tertiary/aromatic N) is 1. The van der Waals surface area contributed by atoms with Crippen molar-refractivity contribution in [1.82, 2.24) is 0 Å². The molecular formula is C22H24N2O6S2. The van der Waals surface area contributed by atoms with E-state index in [1.165, 1.54) is 34.4 Å². The van der Waals surface area contributed by atoms with E-state index in [0.29, 0.717) is 28.6 Å². The molecule has 32 heavy (non-hydrogen) atoms. The van der Waals surface area contributed by atoms with E-state index >= 15 is 0 Å². The number of carbonyl (C=O) groups excluding carboxylic acids is 1. The Morgan fingerprint density at radius 3 is 2.09 bits per heavy atom. The van der Waals surface area contributed by atoms with Gasteiger partial charge in [-0.3, -0.25) is 9.10 Å². The molecule has 0 bridgehead atoms. The van der Waals surface area contributed by atoms with Crippen molar-refractivity contribution in [2.75, 3.05) is 38.0 Å². The molecule has 0 atom stereocenters. The van der Waals surface area contributed by atoms with Gasteiger partial charge < -0.3 is 19.5 Å². The largest absolute Gasteiger partial charge is 0.493 e. The second-order valence-corrected chi connectivity index (χ2v) is 9.64. The molecule has 0 unspecified atom stereocenters. The van der Waals surface area contributed by atoms with E-state index in [0.717, 1.165) is 21.2 Å². The van der Waals surface area contributed by atoms with Gasteiger partial charge in [0.1, 0.15) is 9.77 Å². The topological polar surface area (TPSA) is 94.2 Å². The Kier molecular flexibility index (Phi) is 6.95. The van der Waals surface area contributed by atoms with Crippen molar-refractivity contribution in [3.05, 3.63) is 58.3 Å². The van der Waals surface area contributed by atoms with Crippen molar-refractivity contribution < 1.29 is 27.4 Å². The molecule has 1 amide bonds. The first-order valence-corrected chi connectivity index (χ1v) is 11.8. The van der Waals surface area contributed by atoms with Gasteiger partial charge in [-0.2, -0.15) is 0 Å². The van der Waals surface area contributed by atoms with Crippen LogP contribution in [0.2, 0.25) is 0 Å². The Labute approximate surface area is 191 Å². The Morgan fingerprint density at radius 2 is 1.56 bits per heavy atom. The summed E-state index contributed by atoms with van der Waals surface area (Å²) >= 11 is 1.04. The summed E-state index contributed by atoms with van der Waals surface area (Å²) < 4.78 is 43.5. The van der Waals surface area contributed by atoms with Gasteiger partial charge in [-0.15, -0.1) is 11.3 Å².